The van der Waals surface area contributed by atoms with E-state index in [0.29, 0.717) is 11.1 Å². The smallest absolute Gasteiger partial charge is 0.338 e. The first-order valence-corrected chi connectivity index (χ1v) is 3.51. The Bertz CT molecular complexity index is 283. The molecule has 0 aromatic rings. The summed E-state index contributed by atoms with van der Waals surface area (Å²) in [6.07, 6.45) is 2.66. The number of esters is 1. The van der Waals surface area contributed by atoms with Crippen LogP contribution in [-0.2, 0) is 9.53 Å². The summed E-state index contributed by atoms with van der Waals surface area (Å²) in [7, 11) is 0. The Morgan fingerprint density at radius 2 is 2.42 bits per heavy atom. The van der Waals surface area contributed by atoms with Gasteiger partial charge in [-0.2, -0.15) is 0 Å². The average Bonchev–Trinajstić information content (AvgIpc) is 2.30. The molecule has 12 heavy (non-hydrogen) atoms. The van der Waals surface area contributed by atoms with E-state index in [-0.39, 0.29) is 12.4 Å². The van der Waals surface area contributed by atoms with Crippen LogP contribution in [0.4, 0.5) is 4.39 Å². The van der Waals surface area contributed by atoms with Gasteiger partial charge in [-0.05, 0) is 13.0 Å². The van der Waals surface area contributed by atoms with E-state index in [2.05, 4.69) is 11.3 Å². The summed E-state index contributed by atoms with van der Waals surface area (Å²) in [5, 5.41) is 0. The Kier molecular flexibility index (Phi) is 2.43. The topological polar surface area (TPSA) is 26.3 Å². The summed E-state index contributed by atoms with van der Waals surface area (Å²) >= 11 is 0. The van der Waals surface area contributed by atoms with Crippen molar-refractivity contribution in [2.75, 3.05) is 6.61 Å². The van der Waals surface area contributed by atoms with Gasteiger partial charge in [-0.1, -0.05) is 12.7 Å². The van der Waals surface area contributed by atoms with E-state index in [9.17, 15) is 9.18 Å². The molecule has 0 radical (unpaired) electrons. The number of hydrogen-bond donors (Lipinski definition) is 0. The minimum atomic E-state index is -0.433. The number of carbonyl (C=O) groups excluding carboxylic acids is 1. The van der Waals surface area contributed by atoms with Gasteiger partial charge < -0.3 is 4.74 Å². The van der Waals surface area contributed by atoms with Gasteiger partial charge in [0.25, 0.3) is 0 Å². The van der Waals surface area contributed by atoms with Crippen LogP contribution in [0.3, 0.4) is 0 Å². The first-order chi connectivity index (χ1) is 5.65. The molecule has 64 valence electrons. The zero-order valence-electron chi connectivity index (χ0n) is 6.76. The normalized spacial score (nSPS) is 18.2. The van der Waals surface area contributed by atoms with E-state index < -0.39 is 5.97 Å². The van der Waals surface area contributed by atoms with Crippen LogP contribution in [0.1, 0.15) is 6.92 Å². The van der Waals surface area contributed by atoms with Crippen LogP contribution in [0.25, 0.3) is 0 Å². The first kappa shape index (κ1) is 8.71. The van der Waals surface area contributed by atoms with Crippen LogP contribution in [0.5, 0.6) is 0 Å². The van der Waals surface area contributed by atoms with E-state index in [4.69, 9.17) is 0 Å². The van der Waals surface area contributed by atoms with Crippen molar-refractivity contribution >= 4 is 5.97 Å². The van der Waals surface area contributed by atoms with Gasteiger partial charge in [0, 0.05) is 5.57 Å². The summed E-state index contributed by atoms with van der Waals surface area (Å²) in [6.45, 7) is 4.90. The van der Waals surface area contributed by atoms with Crippen molar-refractivity contribution in [3.8, 4) is 0 Å². The molecule has 0 fully saturated rings. The Hall–Kier alpha value is -1.38. The van der Waals surface area contributed by atoms with Crippen LogP contribution in [-0.4, -0.2) is 12.6 Å². The summed E-state index contributed by atoms with van der Waals surface area (Å²) in [5.41, 5.74) is 0.905. The lowest BCUT2D eigenvalue weighted by Gasteiger charge is -1.90. The Morgan fingerprint density at radius 1 is 1.75 bits per heavy atom. The Labute approximate surface area is 70.0 Å². The predicted octanol–water partition coefficient (Wildman–Crippen LogP) is 1.90. The number of allylic oxidation sites excluding steroid dienone is 1. The number of rotatable bonds is 2. The molecule has 0 aromatic carbocycles. The van der Waals surface area contributed by atoms with Gasteiger partial charge in [0.15, 0.2) is 0 Å². The van der Waals surface area contributed by atoms with E-state index in [1.165, 1.54) is 19.1 Å². The number of ether oxygens (including phenoxy) is 1. The van der Waals surface area contributed by atoms with E-state index in [1.807, 2.05) is 0 Å². The minimum absolute atomic E-state index is 0.140. The van der Waals surface area contributed by atoms with Gasteiger partial charge in [0.05, 0.1) is 11.4 Å². The predicted molar refractivity (Wildman–Crippen MR) is 43.0 cm³/mol. The Balaban J connectivity index is 3.01. The molecule has 3 heteroatoms. The fourth-order valence-electron chi connectivity index (χ4n) is 1.00. The SMILES string of the molecule is C=CC1=C(/C=C(\C)F)COC1=O. The van der Waals surface area contributed by atoms with Crippen LogP contribution >= 0.6 is 0 Å². The molecule has 0 atom stereocenters. The summed E-state index contributed by atoms with van der Waals surface area (Å²) in [4.78, 5) is 10.9. The third-order valence-electron chi connectivity index (χ3n) is 1.50. The van der Waals surface area contributed by atoms with E-state index in [1.54, 1.807) is 0 Å². The summed E-state index contributed by atoms with van der Waals surface area (Å²) in [5.74, 6) is -0.778. The van der Waals surface area contributed by atoms with Crippen molar-refractivity contribution in [3.63, 3.8) is 0 Å². The molecule has 0 aromatic heterocycles. The fraction of sp³-hybridized carbons (Fsp3) is 0.222. The minimum Gasteiger partial charge on any atom is -0.457 e. The molecular formula is C9H9FO2. The molecule has 0 aliphatic carbocycles. The van der Waals surface area contributed by atoms with Crippen LogP contribution in [0.15, 0.2) is 35.7 Å². The maximum atomic E-state index is 12.4. The average molecular weight is 168 g/mol. The maximum Gasteiger partial charge on any atom is 0.338 e. The highest BCUT2D eigenvalue weighted by Crippen LogP contribution is 2.19. The van der Waals surface area contributed by atoms with Crippen LogP contribution in [0.2, 0.25) is 0 Å². The maximum absolute atomic E-state index is 12.4. The van der Waals surface area contributed by atoms with Crippen molar-refractivity contribution in [2.45, 2.75) is 6.92 Å². The molecule has 0 saturated heterocycles. The third kappa shape index (κ3) is 1.61. The zero-order valence-corrected chi connectivity index (χ0v) is 6.76. The number of halogens is 1. The molecule has 0 saturated carbocycles. The van der Waals surface area contributed by atoms with Gasteiger partial charge in [-0.3, -0.25) is 0 Å². The lowest BCUT2D eigenvalue weighted by molar-refractivity contribution is -0.135. The number of cyclic esters (lactones) is 1. The highest BCUT2D eigenvalue weighted by Gasteiger charge is 2.20. The fourth-order valence-corrected chi connectivity index (χ4v) is 1.00. The highest BCUT2D eigenvalue weighted by atomic mass is 19.1. The van der Waals surface area contributed by atoms with Gasteiger partial charge in [-0.25, -0.2) is 9.18 Å². The molecule has 0 spiro atoms. The van der Waals surface area contributed by atoms with Gasteiger partial charge in [0.1, 0.15) is 6.61 Å². The molecule has 2 nitrogen and oxygen atoms in total. The lowest BCUT2D eigenvalue weighted by atomic mass is 10.1. The number of carbonyl (C=O) groups is 1. The monoisotopic (exact) mass is 168 g/mol. The standard InChI is InChI=1S/C9H9FO2/c1-3-8-7(4-6(2)10)5-12-9(8)11/h3-4H,1,5H2,2H3/b6-4+. The molecular weight excluding hydrogens is 159 g/mol. The third-order valence-corrected chi connectivity index (χ3v) is 1.50. The van der Waals surface area contributed by atoms with E-state index >= 15 is 0 Å². The van der Waals surface area contributed by atoms with Crippen molar-refractivity contribution in [3.05, 3.63) is 35.7 Å². The van der Waals surface area contributed by atoms with Crippen molar-refractivity contribution in [1.82, 2.24) is 0 Å². The van der Waals surface area contributed by atoms with Gasteiger partial charge in [-0.15, -0.1) is 0 Å². The van der Waals surface area contributed by atoms with Crippen molar-refractivity contribution in [1.29, 1.82) is 0 Å². The number of hydrogen-bond acceptors (Lipinski definition) is 2. The quantitative estimate of drug-likeness (QED) is 0.588. The molecule has 0 unspecified atom stereocenters. The van der Waals surface area contributed by atoms with Gasteiger partial charge in [0.2, 0.25) is 0 Å². The van der Waals surface area contributed by atoms with Crippen molar-refractivity contribution in [2.24, 2.45) is 0 Å². The first-order valence-electron chi connectivity index (χ1n) is 3.51. The molecule has 0 bridgehead atoms. The van der Waals surface area contributed by atoms with Gasteiger partial charge >= 0.3 is 5.97 Å². The van der Waals surface area contributed by atoms with E-state index in [0.717, 1.165) is 0 Å². The molecule has 1 aliphatic heterocycles. The molecule has 0 amide bonds. The lowest BCUT2D eigenvalue weighted by Crippen LogP contribution is -1.95. The largest absolute Gasteiger partial charge is 0.457 e. The van der Waals surface area contributed by atoms with Crippen LogP contribution in [0, 0.1) is 0 Å². The molecule has 1 aliphatic rings. The second-order valence-corrected chi connectivity index (χ2v) is 2.45. The molecule has 1 rings (SSSR count). The molecule has 1 heterocycles. The van der Waals surface area contributed by atoms with Crippen LogP contribution < -0.4 is 0 Å². The summed E-state index contributed by atoms with van der Waals surface area (Å²) < 4.78 is 17.1. The second-order valence-electron chi connectivity index (χ2n) is 2.45. The molecule has 0 N–H and O–H groups in total. The van der Waals surface area contributed by atoms with Crippen molar-refractivity contribution < 1.29 is 13.9 Å². The summed E-state index contributed by atoms with van der Waals surface area (Å²) in [6, 6.07) is 0. The second kappa shape index (κ2) is 3.34. The zero-order chi connectivity index (χ0) is 9.14. The Morgan fingerprint density at radius 3 is 2.92 bits per heavy atom. The highest BCUT2D eigenvalue weighted by molar-refractivity contribution is 5.95.